The number of hydrogen-bond donors (Lipinski definition) is 0. The molecule has 1 saturated heterocycles. The third-order valence-electron chi connectivity index (χ3n) is 0.798. The normalized spacial score (nSPS) is 33.0. The molecule has 0 aromatic heterocycles. The summed E-state index contributed by atoms with van der Waals surface area (Å²) >= 11 is 2.42. The van der Waals surface area contributed by atoms with Gasteiger partial charge in [0.1, 0.15) is 0 Å². The molecule has 0 bridgehead atoms. The van der Waals surface area contributed by atoms with Gasteiger partial charge in [0.05, 0.1) is 0 Å². The van der Waals surface area contributed by atoms with Crippen LogP contribution in [0.2, 0.25) is 0 Å². The molecule has 0 spiro atoms. The molecule has 0 aliphatic carbocycles. The maximum atomic E-state index is 5.12. The fraction of sp³-hybridized carbons (Fsp3) is 1.00. The van der Waals surface area contributed by atoms with E-state index >= 15 is 0 Å². The molecule has 1 heterocycles. The summed E-state index contributed by atoms with van der Waals surface area (Å²) in [5.41, 5.74) is 0. The van der Waals surface area contributed by atoms with Gasteiger partial charge in [0.25, 0.3) is 0 Å². The average molecular weight is 167 g/mol. The van der Waals surface area contributed by atoms with Gasteiger partial charge in [-0.25, -0.2) is 0 Å². The maximum absolute atomic E-state index is 5.12. The predicted molar refractivity (Wildman–Crippen MR) is 27.7 cm³/mol. The Morgan fingerprint density at radius 1 is 1.43 bits per heavy atom. The molecule has 1 aliphatic heterocycles. The monoisotopic (exact) mass is 168 g/mol. The van der Waals surface area contributed by atoms with E-state index in [1.807, 2.05) is 0 Å². The molecule has 1 fully saturated rings. The topological polar surface area (TPSA) is 18.5 Å². The van der Waals surface area contributed by atoms with Gasteiger partial charge in [0, 0.05) is 0 Å². The van der Waals surface area contributed by atoms with Crippen LogP contribution >= 0.6 is 0 Å². The van der Waals surface area contributed by atoms with Gasteiger partial charge in [-0.1, -0.05) is 0 Å². The second-order valence-electron chi connectivity index (χ2n) is 1.40. The Bertz CT molecular complexity index is 51.7. The van der Waals surface area contributed by atoms with Crippen molar-refractivity contribution in [2.75, 3.05) is 19.8 Å². The van der Waals surface area contributed by atoms with E-state index in [4.69, 9.17) is 9.47 Å². The first-order chi connectivity index (χ1) is 3.39. The van der Waals surface area contributed by atoms with Gasteiger partial charge >= 0.3 is 50.3 Å². The third kappa shape index (κ3) is 1.78. The average Bonchev–Trinajstić information content (AvgIpc) is 1.69. The fourth-order valence-corrected chi connectivity index (χ4v) is 0.918. The van der Waals surface area contributed by atoms with Gasteiger partial charge in [0.15, 0.2) is 0 Å². The van der Waals surface area contributed by atoms with Crippen molar-refractivity contribution in [1.82, 2.24) is 0 Å². The Hall–Kier alpha value is 0.439. The zero-order chi connectivity index (χ0) is 5.11. The minimum atomic E-state index is 0.251. The Morgan fingerprint density at radius 3 is 2.57 bits per heavy atom. The van der Waals surface area contributed by atoms with Crippen LogP contribution in [-0.4, -0.2) is 40.8 Å². The van der Waals surface area contributed by atoms with Crippen molar-refractivity contribution in [3.8, 4) is 0 Å². The second kappa shape index (κ2) is 2.68. The van der Waals surface area contributed by atoms with E-state index < -0.39 is 0 Å². The van der Waals surface area contributed by atoms with Crippen molar-refractivity contribution in [2.24, 2.45) is 0 Å². The van der Waals surface area contributed by atoms with E-state index in [1.54, 1.807) is 0 Å². The Morgan fingerprint density at radius 2 is 2.29 bits per heavy atom. The van der Waals surface area contributed by atoms with Gasteiger partial charge in [-0.05, 0) is 0 Å². The summed E-state index contributed by atoms with van der Waals surface area (Å²) in [5.74, 6) is 0. The van der Waals surface area contributed by atoms with E-state index in [2.05, 4.69) is 16.0 Å². The molecule has 1 atom stereocenters. The molecular weight excluding hydrogens is 159 g/mol. The van der Waals surface area contributed by atoms with Gasteiger partial charge in [-0.3, -0.25) is 0 Å². The summed E-state index contributed by atoms with van der Waals surface area (Å²) < 4.78 is 10.2. The molecule has 0 N–H and O–H groups in total. The zero-order valence-electron chi connectivity index (χ0n) is 3.96. The van der Waals surface area contributed by atoms with Crippen molar-refractivity contribution < 1.29 is 9.47 Å². The molecule has 0 amide bonds. The van der Waals surface area contributed by atoms with E-state index in [1.165, 1.54) is 0 Å². The Kier molecular flexibility index (Phi) is 2.13. The van der Waals surface area contributed by atoms with Crippen LogP contribution in [0.3, 0.4) is 0 Å². The number of hydrogen-bond acceptors (Lipinski definition) is 2. The van der Waals surface area contributed by atoms with Crippen molar-refractivity contribution in [3.63, 3.8) is 0 Å². The van der Waals surface area contributed by atoms with Crippen LogP contribution in [0.4, 0.5) is 0 Å². The summed E-state index contributed by atoms with van der Waals surface area (Å²) in [4.78, 5) is 0. The van der Waals surface area contributed by atoms with Crippen molar-refractivity contribution in [3.05, 3.63) is 0 Å². The molecule has 3 heteroatoms. The summed E-state index contributed by atoms with van der Waals surface area (Å²) in [6.07, 6.45) is 0. The molecule has 0 saturated carbocycles. The Labute approximate surface area is 51.0 Å². The second-order valence-corrected chi connectivity index (χ2v) is 2.61. The third-order valence-corrected chi connectivity index (χ3v) is 1.42. The van der Waals surface area contributed by atoms with Crippen molar-refractivity contribution in [1.29, 1.82) is 0 Å². The van der Waals surface area contributed by atoms with Crippen LogP contribution < -0.4 is 0 Å². The molecule has 1 unspecified atom stereocenters. The van der Waals surface area contributed by atoms with Crippen LogP contribution in [-0.2, 0) is 9.47 Å². The van der Waals surface area contributed by atoms with Crippen molar-refractivity contribution >= 4 is 16.0 Å². The van der Waals surface area contributed by atoms with Gasteiger partial charge in [-0.2, -0.15) is 0 Å². The SMILES string of the molecule is [SeH]C1COCCO1. The first kappa shape index (κ1) is 5.57. The van der Waals surface area contributed by atoms with Crippen LogP contribution in [0.25, 0.3) is 0 Å². The van der Waals surface area contributed by atoms with Crippen LogP contribution in [0.15, 0.2) is 0 Å². The van der Waals surface area contributed by atoms with Crippen LogP contribution in [0.5, 0.6) is 0 Å². The molecular formula is C4H8O2Se. The van der Waals surface area contributed by atoms with Crippen LogP contribution in [0.1, 0.15) is 0 Å². The first-order valence-electron chi connectivity index (χ1n) is 2.27. The summed E-state index contributed by atoms with van der Waals surface area (Å²) in [5, 5.41) is 0.251. The summed E-state index contributed by atoms with van der Waals surface area (Å²) in [6, 6.07) is 0. The molecule has 0 radical (unpaired) electrons. The molecule has 0 aromatic rings. The van der Waals surface area contributed by atoms with Gasteiger partial charge in [0.2, 0.25) is 0 Å². The van der Waals surface area contributed by atoms with E-state index in [-0.39, 0.29) is 5.00 Å². The molecule has 1 aliphatic rings. The van der Waals surface area contributed by atoms with E-state index in [9.17, 15) is 0 Å². The summed E-state index contributed by atoms with van der Waals surface area (Å²) in [7, 11) is 0. The molecule has 0 aromatic carbocycles. The fourth-order valence-electron chi connectivity index (χ4n) is 0.475. The predicted octanol–water partition coefficient (Wildman–Crippen LogP) is -0.740. The van der Waals surface area contributed by atoms with E-state index in [0.29, 0.717) is 0 Å². The number of ether oxygens (including phenoxy) is 2. The molecule has 42 valence electrons. The first-order valence-corrected chi connectivity index (χ1v) is 3.35. The standard InChI is InChI=1S/C4H8O2Se/c7-4-3-5-1-2-6-4/h4,7H,1-3H2. The molecule has 2 nitrogen and oxygen atoms in total. The summed E-state index contributed by atoms with van der Waals surface area (Å²) in [6.45, 7) is 2.24. The van der Waals surface area contributed by atoms with E-state index in [0.717, 1.165) is 19.8 Å². The molecule has 7 heavy (non-hydrogen) atoms. The van der Waals surface area contributed by atoms with Crippen LogP contribution in [0, 0.1) is 0 Å². The Balaban J connectivity index is 2.12. The number of rotatable bonds is 0. The minimum absolute atomic E-state index is 0.251. The quantitative estimate of drug-likeness (QED) is 0.442. The zero-order valence-corrected chi connectivity index (χ0v) is 5.84. The van der Waals surface area contributed by atoms with Gasteiger partial charge in [-0.15, -0.1) is 0 Å². The molecule has 1 rings (SSSR count). The van der Waals surface area contributed by atoms with Crippen molar-refractivity contribution in [2.45, 2.75) is 5.00 Å². The van der Waals surface area contributed by atoms with Gasteiger partial charge < -0.3 is 0 Å².